The zero-order chi connectivity index (χ0) is 24.5. The van der Waals surface area contributed by atoms with Crippen molar-refractivity contribution in [3.8, 4) is 5.69 Å². The van der Waals surface area contributed by atoms with Gasteiger partial charge in [0, 0.05) is 46.1 Å². The second-order valence-electron chi connectivity index (χ2n) is 8.75. The van der Waals surface area contributed by atoms with E-state index in [0.29, 0.717) is 48.7 Å². The Labute approximate surface area is 202 Å². The molecular formula is C26H27FN6O2. The van der Waals surface area contributed by atoms with Gasteiger partial charge in [-0.05, 0) is 31.2 Å². The van der Waals surface area contributed by atoms with Crippen LogP contribution in [0, 0.1) is 12.7 Å². The monoisotopic (exact) mass is 474 g/mol. The van der Waals surface area contributed by atoms with Crippen LogP contribution in [0.2, 0.25) is 0 Å². The number of carbonyl (C=O) groups excluding carboxylic acids is 1. The van der Waals surface area contributed by atoms with Crippen molar-refractivity contribution in [1.82, 2.24) is 24.2 Å². The number of rotatable bonds is 5. The van der Waals surface area contributed by atoms with Crippen molar-refractivity contribution in [2.45, 2.75) is 19.8 Å². The van der Waals surface area contributed by atoms with Gasteiger partial charge < -0.3 is 9.80 Å². The lowest BCUT2D eigenvalue weighted by Crippen LogP contribution is -2.49. The molecule has 180 valence electrons. The first kappa shape index (κ1) is 22.8. The summed E-state index contributed by atoms with van der Waals surface area (Å²) in [7, 11) is 1.71. The number of nitrogens with zero attached hydrogens (tertiary/aromatic N) is 6. The summed E-state index contributed by atoms with van der Waals surface area (Å²) in [5.41, 5.74) is 3.53. The van der Waals surface area contributed by atoms with Gasteiger partial charge in [0.2, 0.25) is 5.91 Å². The highest BCUT2D eigenvalue weighted by Crippen LogP contribution is 2.21. The van der Waals surface area contributed by atoms with E-state index in [0.717, 1.165) is 11.4 Å². The summed E-state index contributed by atoms with van der Waals surface area (Å²) in [5.74, 6) is -0.283. The molecule has 2 aromatic carbocycles. The molecule has 1 fully saturated rings. The van der Waals surface area contributed by atoms with Gasteiger partial charge in [-0.1, -0.05) is 30.3 Å². The fourth-order valence-corrected chi connectivity index (χ4v) is 4.61. The summed E-state index contributed by atoms with van der Waals surface area (Å²) in [6, 6.07) is 16.3. The van der Waals surface area contributed by atoms with Crippen molar-refractivity contribution < 1.29 is 9.18 Å². The van der Waals surface area contributed by atoms with Gasteiger partial charge in [-0.3, -0.25) is 14.2 Å². The van der Waals surface area contributed by atoms with Crippen LogP contribution in [0.5, 0.6) is 0 Å². The molecule has 5 rings (SSSR count). The Morgan fingerprint density at radius 2 is 1.69 bits per heavy atom. The molecule has 1 amide bonds. The van der Waals surface area contributed by atoms with Gasteiger partial charge in [0.1, 0.15) is 17.0 Å². The van der Waals surface area contributed by atoms with Crippen LogP contribution in [0.4, 0.5) is 10.1 Å². The van der Waals surface area contributed by atoms with Crippen LogP contribution in [0.15, 0.2) is 59.4 Å². The maximum atomic E-state index is 14.1. The number of fused-ring (bicyclic) bond motifs is 1. The molecule has 0 radical (unpaired) electrons. The Hall–Kier alpha value is -4.01. The van der Waals surface area contributed by atoms with E-state index in [4.69, 9.17) is 0 Å². The van der Waals surface area contributed by atoms with Gasteiger partial charge in [0.05, 0.1) is 17.1 Å². The molecule has 2 aromatic heterocycles. The quantitative estimate of drug-likeness (QED) is 0.445. The van der Waals surface area contributed by atoms with E-state index in [1.54, 1.807) is 33.3 Å². The topological polar surface area (TPSA) is 76.3 Å². The number of benzene rings is 2. The maximum absolute atomic E-state index is 14.1. The largest absolute Gasteiger partial charge is 0.366 e. The van der Waals surface area contributed by atoms with E-state index < -0.39 is 0 Å². The van der Waals surface area contributed by atoms with Gasteiger partial charge in [-0.2, -0.15) is 5.10 Å². The molecule has 9 heteroatoms. The molecule has 0 N–H and O–H groups in total. The van der Waals surface area contributed by atoms with Crippen molar-refractivity contribution >= 4 is 22.8 Å². The van der Waals surface area contributed by atoms with Crippen LogP contribution in [0.3, 0.4) is 0 Å². The number of carbonyl (C=O) groups is 1. The molecule has 0 unspecified atom stereocenters. The van der Waals surface area contributed by atoms with Gasteiger partial charge in [-0.25, -0.2) is 14.1 Å². The average molecular weight is 475 g/mol. The summed E-state index contributed by atoms with van der Waals surface area (Å²) in [6.07, 6.45) is 0.449. The van der Waals surface area contributed by atoms with E-state index in [2.05, 4.69) is 10.1 Å². The van der Waals surface area contributed by atoms with Crippen molar-refractivity contribution in [2.24, 2.45) is 7.05 Å². The average Bonchev–Trinajstić information content (AvgIpc) is 3.22. The summed E-state index contributed by atoms with van der Waals surface area (Å²) < 4.78 is 17.4. The first-order valence-corrected chi connectivity index (χ1v) is 11.7. The van der Waals surface area contributed by atoms with Crippen LogP contribution >= 0.6 is 0 Å². The number of piperazine rings is 1. The SMILES string of the molecule is Cc1nn(-c2ccccc2)c2c1nc(CCC(=O)N1CCN(c3ccccc3F)CC1)c(=O)n2C. The number of aromatic nitrogens is 4. The molecule has 3 heterocycles. The van der Waals surface area contributed by atoms with Gasteiger partial charge in [-0.15, -0.1) is 0 Å². The maximum Gasteiger partial charge on any atom is 0.273 e. The molecule has 8 nitrogen and oxygen atoms in total. The number of amides is 1. The Morgan fingerprint density at radius 3 is 2.40 bits per heavy atom. The van der Waals surface area contributed by atoms with Gasteiger partial charge >= 0.3 is 0 Å². The second kappa shape index (κ2) is 9.32. The molecule has 1 aliphatic rings. The van der Waals surface area contributed by atoms with Crippen LogP contribution in [-0.4, -0.2) is 56.3 Å². The van der Waals surface area contributed by atoms with Crippen molar-refractivity contribution in [1.29, 1.82) is 0 Å². The van der Waals surface area contributed by atoms with E-state index in [9.17, 15) is 14.0 Å². The first-order chi connectivity index (χ1) is 16.9. The third-order valence-electron chi connectivity index (χ3n) is 6.52. The van der Waals surface area contributed by atoms with Gasteiger partial charge in [0.15, 0.2) is 5.65 Å². The van der Waals surface area contributed by atoms with Crippen molar-refractivity contribution in [3.05, 3.63) is 82.2 Å². The summed E-state index contributed by atoms with van der Waals surface area (Å²) in [4.78, 5) is 34.3. The van der Waals surface area contributed by atoms with Crippen LogP contribution in [0.1, 0.15) is 17.8 Å². The minimum absolute atomic E-state index is 0.0289. The molecule has 0 bridgehead atoms. The van der Waals surface area contributed by atoms with Crippen molar-refractivity contribution in [3.63, 3.8) is 0 Å². The molecule has 0 saturated carbocycles. The summed E-state index contributed by atoms with van der Waals surface area (Å²) in [5, 5.41) is 4.60. The Morgan fingerprint density at radius 1 is 1.00 bits per heavy atom. The van der Waals surface area contributed by atoms with E-state index in [1.165, 1.54) is 6.07 Å². The Balaban J connectivity index is 1.30. The standard InChI is InChI=1S/C26H27FN6O2/c1-18-24-25(33(29-18)19-8-4-3-5-9-19)30(2)26(35)21(28-24)12-13-23(34)32-16-14-31(15-17-32)22-11-7-6-10-20(22)27/h3-11H,12-17H2,1-2H3. The highest BCUT2D eigenvalue weighted by atomic mass is 19.1. The Kier molecular flexibility index (Phi) is 6.07. The molecule has 0 atom stereocenters. The van der Waals surface area contributed by atoms with E-state index in [1.807, 2.05) is 48.2 Å². The summed E-state index contributed by atoms with van der Waals surface area (Å²) in [6.45, 7) is 4.03. The van der Waals surface area contributed by atoms with Crippen LogP contribution in [-0.2, 0) is 18.3 Å². The van der Waals surface area contributed by atoms with Crippen LogP contribution in [0.25, 0.3) is 16.9 Å². The smallest absolute Gasteiger partial charge is 0.273 e. The highest BCUT2D eigenvalue weighted by molar-refractivity contribution is 5.78. The van der Waals surface area contributed by atoms with E-state index in [-0.39, 0.29) is 30.1 Å². The minimum atomic E-state index is -0.254. The number of aryl methyl sites for hydroxylation is 3. The number of hydrogen-bond donors (Lipinski definition) is 0. The molecular weight excluding hydrogens is 447 g/mol. The molecule has 0 aliphatic carbocycles. The lowest BCUT2D eigenvalue weighted by atomic mass is 10.2. The molecule has 1 saturated heterocycles. The minimum Gasteiger partial charge on any atom is -0.366 e. The van der Waals surface area contributed by atoms with Gasteiger partial charge in [0.25, 0.3) is 5.56 Å². The molecule has 0 spiro atoms. The predicted octanol–water partition coefficient (Wildman–Crippen LogP) is 2.85. The molecule has 1 aliphatic heterocycles. The lowest BCUT2D eigenvalue weighted by molar-refractivity contribution is -0.131. The normalized spacial score (nSPS) is 14.0. The van der Waals surface area contributed by atoms with Crippen LogP contribution < -0.4 is 10.5 Å². The second-order valence-corrected chi connectivity index (χ2v) is 8.75. The fourth-order valence-electron chi connectivity index (χ4n) is 4.61. The number of anilines is 1. The summed E-state index contributed by atoms with van der Waals surface area (Å²) >= 11 is 0. The molecule has 35 heavy (non-hydrogen) atoms. The fraction of sp³-hybridized carbons (Fsp3) is 0.308. The highest BCUT2D eigenvalue weighted by Gasteiger charge is 2.24. The first-order valence-electron chi connectivity index (χ1n) is 11.7. The van der Waals surface area contributed by atoms with E-state index >= 15 is 0 Å². The Bertz CT molecular complexity index is 1440. The number of halogens is 1. The number of hydrogen-bond acceptors (Lipinski definition) is 5. The predicted molar refractivity (Wildman–Crippen MR) is 132 cm³/mol. The number of para-hydroxylation sites is 2. The third kappa shape index (κ3) is 4.29. The zero-order valence-corrected chi connectivity index (χ0v) is 19.8. The van der Waals surface area contributed by atoms with Crippen molar-refractivity contribution in [2.75, 3.05) is 31.1 Å². The lowest BCUT2D eigenvalue weighted by Gasteiger charge is -2.36. The third-order valence-corrected chi connectivity index (χ3v) is 6.52. The zero-order valence-electron chi connectivity index (χ0n) is 19.8. The molecule has 4 aromatic rings.